The topological polar surface area (TPSA) is 23.5 Å². The number of β-amino-alcohol motifs (C(OH)–C–C–N with tert-alkyl or cyclic N) is 1. The van der Waals surface area contributed by atoms with Crippen molar-refractivity contribution in [2.75, 3.05) is 20.1 Å². The molecule has 0 aliphatic carbocycles. The number of hydrogen-bond donors (Lipinski definition) is 1. The van der Waals surface area contributed by atoms with Crippen molar-refractivity contribution < 1.29 is 5.11 Å². The van der Waals surface area contributed by atoms with E-state index in [1.54, 1.807) is 0 Å². The van der Waals surface area contributed by atoms with Crippen molar-refractivity contribution in [2.45, 2.75) is 18.9 Å². The maximum Gasteiger partial charge on any atom is 0.0758 e. The Labute approximate surface area is 50.1 Å². The zero-order valence-electron chi connectivity index (χ0n) is 5.52. The molecule has 1 aliphatic rings. The van der Waals surface area contributed by atoms with Gasteiger partial charge >= 0.3 is 0 Å². The molecule has 1 fully saturated rings. The van der Waals surface area contributed by atoms with E-state index in [2.05, 4.69) is 4.90 Å². The van der Waals surface area contributed by atoms with Crippen LogP contribution in [0.15, 0.2) is 0 Å². The number of rotatable bonds is 0. The zero-order chi connectivity index (χ0) is 6.20. The van der Waals surface area contributed by atoms with Gasteiger partial charge in [-0.3, -0.25) is 0 Å². The first-order chi connectivity index (χ1) is 3.60. The van der Waals surface area contributed by atoms with Crippen LogP contribution in [0.4, 0.5) is 0 Å². The first-order valence-corrected chi connectivity index (χ1v) is 3.01. The lowest BCUT2D eigenvalue weighted by atomic mass is 10.1. The Hall–Kier alpha value is -0.0800. The van der Waals surface area contributed by atoms with Crippen molar-refractivity contribution in [3.8, 4) is 0 Å². The summed E-state index contributed by atoms with van der Waals surface area (Å²) in [7, 11) is 2.03. The Bertz CT molecular complexity index is 90.5. The molecule has 1 atom stereocenters. The molecule has 0 saturated carbocycles. The normalized spacial score (nSPS) is 40.9. The second kappa shape index (κ2) is 1.71. The molecule has 48 valence electrons. The molecular formula is C6H13NO. The van der Waals surface area contributed by atoms with Crippen LogP contribution in [0.3, 0.4) is 0 Å². The lowest BCUT2D eigenvalue weighted by Gasteiger charge is -2.14. The molecule has 1 N–H and O–H groups in total. The minimum atomic E-state index is -0.408. The van der Waals surface area contributed by atoms with Gasteiger partial charge in [0.1, 0.15) is 0 Å². The molecule has 0 aromatic heterocycles. The third-order valence-corrected chi connectivity index (χ3v) is 1.64. The zero-order valence-corrected chi connectivity index (χ0v) is 5.52. The van der Waals surface area contributed by atoms with Crippen molar-refractivity contribution in [1.82, 2.24) is 4.90 Å². The smallest absolute Gasteiger partial charge is 0.0758 e. The summed E-state index contributed by atoms with van der Waals surface area (Å²) in [5, 5.41) is 9.32. The average molecular weight is 115 g/mol. The molecule has 0 spiro atoms. The highest BCUT2D eigenvalue weighted by molar-refractivity contribution is 4.83. The van der Waals surface area contributed by atoms with E-state index < -0.39 is 5.60 Å². The van der Waals surface area contributed by atoms with Crippen LogP contribution >= 0.6 is 0 Å². The fraction of sp³-hybridized carbons (Fsp3) is 1.00. The van der Waals surface area contributed by atoms with Gasteiger partial charge in [0.05, 0.1) is 5.60 Å². The Kier molecular flexibility index (Phi) is 1.29. The van der Waals surface area contributed by atoms with Crippen LogP contribution in [0.25, 0.3) is 0 Å². The molecule has 8 heavy (non-hydrogen) atoms. The Morgan fingerprint density at radius 2 is 2.25 bits per heavy atom. The quantitative estimate of drug-likeness (QED) is 0.483. The number of nitrogens with zero attached hydrogens (tertiary/aromatic N) is 1. The minimum absolute atomic E-state index is 0.408. The maximum absolute atomic E-state index is 9.32. The molecule has 1 saturated heterocycles. The number of aliphatic hydroxyl groups is 1. The fourth-order valence-corrected chi connectivity index (χ4v) is 1.17. The summed E-state index contributed by atoms with van der Waals surface area (Å²) in [6.45, 7) is 3.75. The monoisotopic (exact) mass is 115 g/mol. The van der Waals surface area contributed by atoms with Gasteiger partial charge in [0.2, 0.25) is 0 Å². The van der Waals surface area contributed by atoms with Crippen molar-refractivity contribution in [3.63, 3.8) is 0 Å². The van der Waals surface area contributed by atoms with Crippen LogP contribution in [0, 0.1) is 0 Å². The highest BCUT2D eigenvalue weighted by atomic mass is 16.3. The largest absolute Gasteiger partial charge is 0.389 e. The molecule has 0 amide bonds. The van der Waals surface area contributed by atoms with Gasteiger partial charge in [-0.05, 0) is 20.4 Å². The van der Waals surface area contributed by atoms with Crippen LogP contribution < -0.4 is 0 Å². The van der Waals surface area contributed by atoms with E-state index >= 15 is 0 Å². The Morgan fingerprint density at radius 1 is 1.62 bits per heavy atom. The van der Waals surface area contributed by atoms with Crippen molar-refractivity contribution in [3.05, 3.63) is 0 Å². The summed E-state index contributed by atoms with van der Waals surface area (Å²) in [4.78, 5) is 2.14. The summed E-state index contributed by atoms with van der Waals surface area (Å²) in [5.74, 6) is 0. The SMILES string of the molecule is CN1CCC(C)(O)C1. The molecule has 0 aromatic rings. The number of likely N-dealkylation sites (N-methyl/N-ethyl adjacent to an activating group) is 1. The van der Waals surface area contributed by atoms with Gasteiger partial charge in [-0.1, -0.05) is 0 Å². The standard InChI is InChI=1S/C6H13NO/c1-6(8)3-4-7(2)5-6/h8H,3-5H2,1-2H3. The fourth-order valence-electron chi connectivity index (χ4n) is 1.17. The van der Waals surface area contributed by atoms with Crippen LogP contribution in [0.5, 0.6) is 0 Å². The highest BCUT2D eigenvalue weighted by Gasteiger charge is 2.28. The van der Waals surface area contributed by atoms with Gasteiger partial charge in [-0.15, -0.1) is 0 Å². The molecule has 0 radical (unpaired) electrons. The van der Waals surface area contributed by atoms with E-state index in [0.29, 0.717) is 0 Å². The summed E-state index contributed by atoms with van der Waals surface area (Å²) in [6.07, 6.45) is 0.920. The third-order valence-electron chi connectivity index (χ3n) is 1.64. The van der Waals surface area contributed by atoms with Gasteiger partial charge < -0.3 is 10.0 Å². The van der Waals surface area contributed by atoms with E-state index in [0.717, 1.165) is 19.5 Å². The van der Waals surface area contributed by atoms with Gasteiger partial charge in [-0.25, -0.2) is 0 Å². The Morgan fingerprint density at radius 3 is 2.38 bits per heavy atom. The van der Waals surface area contributed by atoms with Gasteiger partial charge in [-0.2, -0.15) is 0 Å². The predicted octanol–water partition coefficient (Wildman–Crippen LogP) is 0.0729. The second-order valence-electron chi connectivity index (χ2n) is 2.98. The molecule has 1 rings (SSSR count). The van der Waals surface area contributed by atoms with E-state index in [-0.39, 0.29) is 0 Å². The molecule has 0 aromatic carbocycles. The van der Waals surface area contributed by atoms with Crippen LogP contribution in [-0.4, -0.2) is 35.7 Å². The maximum atomic E-state index is 9.32. The van der Waals surface area contributed by atoms with Crippen LogP contribution in [0.1, 0.15) is 13.3 Å². The molecule has 2 heteroatoms. The molecule has 1 aliphatic heterocycles. The third kappa shape index (κ3) is 1.20. The summed E-state index contributed by atoms with van der Waals surface area (Å²) >= 11 is 0. The molecule has 1 unspecified atom stereocenters. The second-order valence-corrected chi connectivity index (χ2v) is 2.98. The first-order valence-electron chi connectivity index (χ1n) is 3.01. The summed E-state index contributed by atoms with van der Waals surface area (Å²) in [5.41, 5.74) is -0.408. The molecule has 2 nitrogen and oxygen atoms in total. The average Bonchev–Trinajstić information content (AvgIpc) is 1.82. The van der Waals surface area contributed by atoms with E-state index in [1.165, 1.54) is 0 Å². The van der Waals surface area contributed by atoms with Gasteiger partial charge in [0.25, 0.3) is 0 Å². The van der Waals surface area contributed by atoms with Crippen molar-refractivity contribution in [1.29, 1.82) is 0 Å². The molecule has 0 bridgehead atoms. The summed E-state index contributed by atoms with van der Waals surface area (Å²) in [6, 6.07) is 0. The molecular weight excluding hydrogens is 102 g/mol. The summed E-state index contributed by atoms with van der Waals surface area (Å²) < 4.78 is 0. The number of hydrogen-bond acceptors (Lipinski definition) is 2. The predicted molar refractivity (Wildman–Crippen MR) is 32.7 cm³/mol. The van der Waals surface area contributed by atoms with Crippen molar-refractivity contribution >= 4 is 0 Å². The van der Waals surface area contributed by atoms with E-state index in [4.69, 9.17) is 0 Å². The minimum Gasteiger partial charge on any atom is -0.389 e. The lowest BCUT2D eigenvalue weighted by Crippen LogP contribution is -2.27. The van der Waals surface area contributed by atoms with Crippen molar-refractivity contribution in [2.24, 2.45) is 0 Å². The first kappa shape index (κ1) is 6.05. The van der Waals surface area contributed by atoms with E-state index in [9.17, 15) is 5.11 Å². The van der Waals surface area contributed by atoms with Crippen LogP contribution in [0.2, 0.25) is 0 Å². The van der Waals surface area contributed by atoms with Gasteiger partial charge in [0, 0.05) is 13.1 Å². The Balaban J connectivity index is 2.44. The van der Waals surface area contributed by atoms with Crippen LogP contribution in [-0.2, 0) is 0 Å². The number of likely N-dealkylation sites (tertiary alicyclic amines) is 1. The molecule has 1 heterocycles. The lowest BCUT2D eigenvalue weighted by molar-refractivity contribution is 0.0719. The highest BCUT2D eigenvalue weighted by Crippen LogP contribution is 2.17. The van der Waals surface area contributed by atoms with Gasteiger partial charge in [0.15, 0.2) is 0 Å². The van der Waals surface area contributed by atoms with E-state index in [1.807, 2.05) is 14.0 Å².